The fourth-order valence-corrected chi connectivity index (χ4v) is 3.89. The minimum absolute atomic E-state index is 0.0386. The molecule has 0 aromatic heterocycles. The van der Waals surface area contributed by atoms with Crippen LogP contribution in [0.4, 0.5) is 13.2 Å². The van der Waals surface area contributed by atoms with Crippen LogP contribution in [0.5, 0.6) is 5.75 Å². The minimum atomic E-state index is -4.73. The Morgan fingerprint density at radius 2 is 1.94 bits per heavy atom. The second-order valence-corrected chi connectivity index (χ2v) is 8.22. The van der Waals surface area contributed by atoms with Crippen molar-refractivity contribution in [3.05, 3.63) is 65.2 Å². The Bertz CT molecular complexity index is 1020. The Kier molecular flexibility index (Phi) is 6.57. The molecule has 0 radical (unpaired) electrons. The summed E-state index contributed by atoms with van der Waals surface area (Å²) in [6.45, 7) is 4.07. The third kappa shape index (κ3) is 6.23. The van der Waals surface area contributed by atoms with Gasteiger partial charge < -0.3 is 10.1 Å². The van der Waals surface area contributed by atoms with Crippen molar-refractivity contribution in [2.24, 2.45) is 4.99 Å². The number of nitrogens with zero attached hydrogens (tertiary/aromatic N) is 2. The molecular weight excluding hydrogens is 437 g/mol. The summed E-state index contributed by atoms with van der Waals surface area (Å²) in [5.74, 6) is 0.121. The summed E-state index contributed by atoms with van der Waals surface area (Å²) in [6, 6.07) is 13.4. The van der Waals surface area contributed by atoms with E-state index in [9.17, 15) is 18.0 Å². The van der Waals surface area contributed by atoms with E-state index in [0.29, 0.717) is 50.4 Å². The van der Waals surface area contributed by atoms with Gasteiger partial charge in [-0.1, -0.05) is 29.8 Å². The number of benzene rings is 2. The van der Waals surface area contributed by atoms with Gasteiger partial charge in [0.2, 0.25) is 5.91 Å². The highest BCUT2D eigenvalue weighted by atomic mass is 19.4. The van der Waals surface area contributed by atoms with Gasteiger partial charge in [0.05, 0.1) is 6.54 Å². The highest BCUT2D eigenvalue weighted by Gasteiger charge is 2.40. The van der Waals surface area contributed by atoms with E-state index in [4.69, 9.17) is 4.84 Å². The Morgan fingerprint density at radius 1 is 1.21 bits per heavy atom. The molecule has 2 aromatic rings. The molecule has 1 saturated heterocycles. The van der Waals surface area contributed by atoms with Crippen molar-refractivity contribution < 1.29 is 27.5 Å². The average molecular weight is 462 g/mol. The highest BCUT2D eigenvalue weighted by molar-refractivity contribution is 5.99. The molecule has 33 heavy (non-hydrogen) atoms. The molecule has 1 spiro atoms. The van der Waals surface area contributed by atoms with Crippen LogP contribution in [0, 0.1) is 6.92 Å². The van der Waals surface area contributed by atoms with Gasteiger partial charge in [0.15, 0.2) is 11.6 Å². The molecule has 0 bridgehead atoms. The maximum absolute atomic E-state index is 12.3. The summed E-state index contributed by atoms with van der Waals surface area (Å²) < 4.78 is 40.9. The molecule has 0 unspecified atom stereocenters. The normalized spacial score (nSPS) is 18.0. The van der Waals surface area contributed by atoms with Crippen LogP contribution in [-0.4, -0.2) is 48.4 Å². The Morgan fingerprint density at radius 3 is 2.61 bits per heavy atom. The number of hydroxylamine groups is 1. The summed E-state index contributed by atoms with van der Waals surface area (Å²) >= 11 is 0. The van der Waals surface area contributed by atoms with E-state index in [0.717, 1.165) is 11.1 Å². The van der Waals surface area contributed by atoms with E-state index >= 15 is 0 Å². The number of likely N-dealkylation sites (tertiary alicyclic amines) is 1. The van der Waals surface area contributed by atoms with Gasteiger partial charge in [-0.15, -0.1) is 13.2 Å². The molecule has 2 aromatic carbocycles. The monoisotopic (exact) mass is 462 g/mol. The van der Waals surface area contributed by atoms with E-state index < -0.39 is 12.1 Å². The zero-order valence-electron chi connectivity index (χ0n) is 18.1. The van der Waals surface area contributed by atoms with Crippen LogP contribution in [0.1, 0.15) is 29.5 Å². The SMILES string of the molecule is Cc1cccc(CNC(=O)CN2CCC3(CC2)N=C(c2ccc(OC(F)(F)F)cc2)NO3)c1. The van der Waals surface area contributed by atoms with Crippen LogP contribution in [0.25, 0.3) is 0 Å². The summed E-state index contributed by atoms with van der Waals surface area (Å²) in [7, 11) is 0. The number of nitrogens with one attached hydrogen (secondary N) is 2. The summed E-state index contributed by atoms with van der Waals surface area (Å²) in [6.07, 6.45) is -3.56. The van der Waals surface area contributed by atoms with Crippen molar-refractivity contribution in [1.29, 1.82) is 0 Å². The second-order valence-electron chi connectivity index (χ2n) is 8.22. The molecule has 2 heterocycles. The zero-order valence-corrected chi connectivity index (χ0v) is 18.1. The zero-order chi connectivity index (χ0) is 23.5. The standard InChI is InChI=1S/C23H25F3N4O3/c1-16-3-2-4-17(13-16)14-27-20(31)15-30-11-9-22(10-12-30)28-21(29-33-22)18-5-7-19(8-6-18)32-23(24,25)26/h2-8,13H,9-12,14-15H2,1H3,(H,27,31)(H,28,29). The van der Waals surface area contributed by atoms with Gasteiger partial charge in [0.25, 0.3) is 0 Å². The smallest absolute Gasteiger partial charge is 0.406 e. The number of hydrogen-bond donors (Lipinski definition) is 2. The fourth-order valence-electron chi connectivity index (χ4n) is 3.89. The average Bonchev–Trinajstić information content (AvgIpc) is 3.17. The molecule has 1 amide bonds. The number of hydrogen-bond acceptors (Lipinski definition) is 6. The lowest BCUT2D eigenvalue weighted by Gasteiger charge is -2.35. The topological polar surface area (TPSA) is 75.2 Å². The molecule has 176 valence electrons. The lowest BCUT2D eigenvalue weighted by atomic mass is 10.0. The first kappa shape index (κ1) is 23.1. The summed E-state index contributed by atoms with van der Waals surface area (Å²) in [5.41, 5.74) is 4.85. The Hall–Kier alpha value is -3.11. The lowest BCUT2D eigenvalue weighted by Crippen LogP contribution is -2.47. The number of ether oxygens (including phenoxy) is 1. The van der Waals surface area contributed by atoms with Gasteiger partial charge in [-0.2, -0.15) is 0 Å². The van der Waals surface area contributed by atoms with Crippen molar-refractivity contribution in [2.75, 3.05) is 19.6 Å². The van der Waals surface area contributed by atoms with Crippen molar-refractivity contribution in [3.8, 4) is 5.75 Å². The number of alkyl halides is 3. The van der Waals surface area contributed by atoms with Crippen LogP contribution in [0.3, 0.4) is 0 Å². The first-order valence-corrected chi connectivity index (χ1v) is 10.6. The largest absolute Gasteiger partial charge is 0.573 e. The number of carbonyl (C=O) groups excluding carboxylic acids is 1. The lowest BCUT2D eigenvalue weighted by molar-refractivity contribution is -0.274. The number of amides is 1. The Labute approximate surface area is 189 Å². The van der Waals surface area contributed by atoms with Gasteiger partial charge in [-0.25, -0.2) is 15.3 Å². The number of aliphatic imine (C=N–C) groups is 1. The van der Waals surface area contributed by atoms with Gasteiger partial charge in [0, 0.05) is 38.0 Å². The van der Waals surface area contributed by atoms with Crippen molar-refractivity contribution in [1.82, 2.24) is 15.7 Å². The van der Waals surface area contributed by atoms with Gasteiger partial charge in [-0.3, -0.25) is 9.69 Å². The predicted molar refractivity (Wildman–Crippen MR) is 115 cm³/mol. The molecule has 4 rings (SSSR count). The third-order valence-electron chi connectivity index (χ3n) is 5.59. The van der Waals surface area contributed by atoms with Crippen LogP contribution in [0.15, 0.2) is 53.5 Å². The van der Waals surface area contributed by atoms with Crippen molar-refractivity contribution in [2.45, 2.75) is 38.4 Å². The number of aryl methyl sites for hydroxylation is 1. The maximum atomic E-state index is 12.3. The van der Waals surface area contributed by atoms with Crippen molar-refractivity contribution in [3.63, 3.8) is 0 Å². The van der Waals surface area contributed by atoms with Crippen molar-refractivity contribution >= 4 is 11.7 Å². The molecule has 0 aliphatic carbocycles. The predicted octanol–water partition coefficient (Wildman–Crippen LogP) is 3.28. The molecule has 1 fully saturated rings. The van der Waals surface area contributed by atoms with Crippen LogP contribution < -0.4 is 15.5 Å². The highest BCUT2D eigenvalue weighted by Crippen LogP contribution is 2.31. The van der Waals surface area contributed by atoms with Crippen LogP contribution in [0.2, 0.25) is 0 Å². The molecule has 7 nitrogen and oxygen atoms in total. The first-order chi connectivity index (χ1) is 15.7. The Balaban J connectivity index is 1.27. The van der Waals surface area contributed by atoms with Gasteiger partial charge in [0.1, 0.15) is 5.75 Å². The number of rotatable bonds is 6. The molecule has 0 atom stereocenters. The third-order valence-corrected chi connectivity index (χ3v) is 5.59. The molecule has 2 N–H and O–H groups in total. The second kappa shape index (κ2) is 9.40. The molecular formula is C23H25F3N4O3. The number of amidine groups is 1. The molecule has 10 heteroatoms. The van der Waals surface area contributed by atoms with Crippen LogP contribution >= 0.6 is 0 Å². The van der Waals surface area contributed by atoms with E-state index in [2.05, 4.69) is 25.4 Å². The van der Waals surface area contributed by atoms with E-state index in [1.807, 2.05) is 31.2 Å². The quantitative estimate of drug-likeness (QED) is 0.689. The summed E-state index contributed by atoms with van der Waals surface area (Å²) in [4.78, 5) is 24.8. The first-order valence-electron chi connectivity index (χ1n) is 10.6. The molecule has 2 aliphatic heterocycles. The van der Waals surface area contributed by atoms with E-state index in [1.165, 1.54) is 24.3 Å². The molecule has 0 saturated carbocycles. The summed E-state index contributed by atoms with van der Waals surface area (Å²) in [5, 5.41) is 2.95. The van der Waals surface area contributed by atoms with E-state index in [1.54, 1.807) is 0 Å². The van der Waals surface area contributed by atoms with Gasteiger partial charge in [-0.05, 0) is 36.8 Å². The van der Waals surface area contributed by atoms with Gasteiger partial charge >= 0.3 is 6.36 Å². The number of halogens is 3. The minimum Gasteiger partial charge on any atom is -0.406 e. The van der Waals surface area contributed by atoms with E-state index in [-0.39, 0.29) is 11.7 Å². The fraction of sp³-hybridized carbons (Fsp3) is 0.391. The maximum Gasteiger partial charge on any atom is 0.573 e. The van der Waals surface area contributed by atoms with Crippen LogP contribution in [-0.2, 0) is 16.2 Å². The number of piperidine rings is 1. The molecule has 2 aliphatic rings. The number of carbonyl (C=O) groups is 1.